The number of hydrogen-bond acceptors (Lipinski definition) is 7. The third-order valence-corrected chi connectivity index (χ3v) is 7.04. The van der Waals surface area contributed by atoms with E-state index in [2.05, 4.69) is 15.3 Å². The first-order chi connectivity index (χ1) is 15.5. The average Bonchev–Trinajstić information content (AvgIpc) is 3.30. The van der Waals surface area contributed by atoms with Gasteiger partial charge in [-0.1, -0.05) is 23.5 Å². The van der Waals surface area contributed by atoms with E-state index in [1.807, 2.05) is 34.1 Å². The molecule has 0 radical (unpaired) electrons. The van der Waals surface area contributed by atoms with Gasteiger partial charge in [0.1, 0.15) is 0 Å². The topological polar surface area (TPSA) is 102 Å². The summed E-state index contributed by atoms with van der Waals surface area (Å²) in [6, 6.07) is 8.89. The molecule has 0 saturated carbocycles. The summed E-state index contributed by atoms with van der Waals surface area (Å²) in [5, 5.41) is 22.1. The Morgan fingerprint density at radius 1 is 1.28 bits per heavy atom. The first-order valence-corrected chi connectivity index (χ1v) is 11.5. The third kappa shape index (κ3) is 4.01. The van der Waals surface area contributed by atoms with Gasteiger partial charge in [0.05, 0.1) is 35.0 Å². The van der Waals surface area contributed by atoms with Crippen LogP contribution in [0.2, 0.25) is 0 Å². The number of urea groups is 1. The van der Waals surface area contributed by atoms with Crippen LogP contribution in [-0.4, -0.2) is 69.0 Å². The number of halogens is 1. The molecule has 4 heterocycles. The predicted octanol–water partition coefficient (Wildman–Crippen LogP) is 2.61. The summed E-state index contributed by atoms with van der Waals surface area (Å²) in [6.07, 6.45) is 2.46. The fraction of sp³-hybridized carbons (Fsp3) is 0.409. The van der Waals surface area contributed by atoms with E-state index in [4.69, 9.17) is 5.11 Å². The van der Waals surface area contributed by atoms with Crippen LogP contribution in [0.3, 0.4) is 0 Å². The Kier molecular flexibility index (Phi) is 5.66. The number of pyridine rings is 1. The second-order valence-corrected chi connectivity index (χ2v) is 9.33. The van der Waals surface area contributed by atoms with E-state index in [-0.39, 0.29) is 37.0 Å². The molecule has 3 atom stereocenters. The van der Waals surface area contributed by atoms with Gasteiger partial charge in [-0.05, 0) is 36.6 Å². The van der Waals surface area contributed by atoms with Crippen molar-refractivity contribution in [3.05, 3.63) is 47.9 Å². The van der Waals surface area contributed by atoms with Crippen molar-refractivity contribution in [3.8, 4) is 0 Å². The standard InChI is InChI=1S/C22H24FN5O3S/c23-17-8-13(7-16(30)12-29)9-24-20(17)27-10-14-5-6-15(11-27)28(14)22(31)26-21-25-18-3-1-2-4-19(18)32-21/h1-4,8-9,14-16,29-30H,5-7,10-12H2,(H,25,26,31)/t14?,15?,16-/m0/s1. The highest BCUT2D eigenvalue weighted by Gasteiger charge is 2.43. The number of piperazine rings is 1. The van der Waals surface area contributed by atoms with Crippen LogP contribution >= 0.6 is 11.3 Å². The van der Waals surface area contributed by atoms with E-state index in [1.165, 1.54) is 23.6 Å². The molecule has 2 aliphatic heterocycles. The van der Waals surface area contributed by atoms with E-state index in [9.17, 15) is 14.3 Å². The predicted molar refractivity (Wildman–Crippen MR) is 120 cm³/mol. The van der Waals surface area contributed by atoms with Crippen LogP contribution in [-0.2, 0) is 6.42 Å². The number of para-hydroxylation sites is 1. The number of aromatic nitrogens is 2. The maximum Gasteiger partial charge on any atom is 0.324 e. The molecule has 5 rings (SSSR count). The number of nitrogens with one attached hydrogen (secondary N) is 1. The Morgan fingerprint density at radius 3 is 2.72 bits per heavy atom. The van der Waals surface area contributed by atoms with E-state index < -0.39 is 11.9 Å². The van der Waals surface area contributed by atoms with Crippen molar-refractivity contribution in [1.29, 1.82) is 0 Å². The molecule has 2 amide bonds. The summed E-state index contributed by atoms with van der Waals surface area (Å²) in [5.74, 6) is -0.199. The van der Waals surface area contributed by atoms with Gasteiger partial charge in [0, 0.05) is 25.7 Å². The number of aliphatic hydroxyl groups is 2. The Labute approximate surface area is 188 Å². The van der Waals surface area contributed by atoms with Gasteiger partial charge in [-0.15, -0.1) is 0 Å². The number of anilines is 2. The minimum absolute atomic E-state index is 0.0276. The van der Waals surface area contributed by atoms with Crippen LogP contribution < -0.4 is 10.2 Å². The minimum Gasteiger partial charge on any atom is -0.394 e. The molecule has 2 unspecified atom stereocenters. The van der Waals surface area contributed by atoms with Gasteiger partial charge in [-0.25, -0.2) is 19.2 Å². The molecule has 8 nitrogen and oxygen atoms in total. The fourth-order valence-electron chi connectivity index (χ4n) is 4.64. The number of nitrogens with zero attached hydrogens (tertiary/aromatic N) is 4. The van der Waals surface area contributed by atoms with Crippen molar-refractivity contribution in [3.63, 3.8) is 0 Å². The highest BCUT2D eigenvalue weighted by molar-refractivity contribution is 7.22. The summed E-state index contributed by atoms with van der Waals surface area (Å²) in [6.45, 7) is 0.631. The summed E-state index contributed by atoms with van der Waals surface area (Å²) in [4.78, 5) is 25.5. The van der Waals surface area contributed by atoms with E-state index in [0.717, 1.165) is 23.1 Å². The zero-order valence-electron chi connectivity index (χ0n) is 17.3. The lowest BCUT2D eigenvalue weighted by atomic mass is 10.1. The van der Waals surface area contributed by atoms with Crippen LogP contribution in [0.25, 0.3) is 10.2 Å². The molecule has 2 saturated heterocycles. The van der Waals surface area contributed by atoms with Crippen molar-refractivity contribution < 1.29 is 19.4 Å². The second kappa shape index (κ2) is 8.61. The Hall–Kier alpha value is -2.82. The van der Waals surface area contributed by atoms with Crippen molar-refractivity contribution in [2.75, 3.05) is 29.9 Å². The molecule has 168 valence electrons. The SMILES string of the molecule is O=C(Nc1nc2ccccc2s1)N1C2CCC1CN(c1ncc(C[C@H](O)CO)cc1F)C2. The maximum absolute atomic E-state index is 14.8. The molecule has 10 heteroatoms. The van der Waals surface area contributed by atoms with Crippen molar-refractivity contribution >= 4 is 38.5 Å². The number of aliphatic hydroxyl groups excluding tert-OH is 2. The van der Waals surface area contributed by atoms with Crippen molar-refractivity contribution in [2.45, 2.75) is 37.5 Å². The number of thiazole rings is 1. The average molecular weight is 458 g/mol. The smallest absolute Gasteiger partial charge is 0.324 e. The van der Waals surface area contributed by atoms with Gasteiger partial charge >= 0.3 is 6.03 Å². The highest BCUT2D eigenvalue weighted by atomic mass is 32.1. The van der Waals surface area contributed by atoms with Crippen LogP contribution in [0.4, 0.5) is 20.1 Å². The van der Waals surface area contributed by atoms with Gasteiger partial charge in [0.25, 0.3) is 0 Å². The maximum atomic E-state index is 14.8. The highest BCUT2D eigenvalue weighted by Crippen LogP contribution is 2.34. The number of rotatable bonds is 5. The number of carbonyl (C=O) groups is 1. The number of carbonyl (C=O) groups excluding carboxylic acids is 1. The van der Waals surface area contributed by atoms with Gasteiger partial charge < -0.3 is 20.0 Å². The van der Waals surface area contributed by atoms with Crippen LogP contribution in [0.5, 0.6) is 0 Å². The quantitative estimate of drug-likeness (QED) is 0.545. The summed E-state index contributed by atoms with van der Waals surface area (Å²) >= 11 is 1.45. The molecule has 0 aliphatic carbocycles. The van der Waals surface area contributed by atoms with Crippen molar-refractivity contribution in [2.24, 2.45) is 0 Å². The molecule has 3 N–H and O–H groups in total. The fourth-order valence-corrected chi connectivity index (χ4v) is 5.50. The number of amides is 2. The van der Waals surface area contributed by atoms with Gasteiger partial charge in [0.15, 0.2) is 16.8 Å². The second-order valence-electron chi connectivity index (χ2n) is 8.30. The number of hydrogen-bond donors (Lipinski definition) is 3. The minimum atomic E-state index is -0.935. The first kappa shape index (κ1) is 21.0. The molecule has 1 aromatic carbocycles. The van der Waals surface area contributed by atoms with Gasteiger partial charge in [-0.3, -0.25) is 5.32 Å². The monoisotopic (exact) mass is 457 g/mol. The van der Waals surface area contributed by atoms with Crippen LogP contribution in [0.15, 0.2) is 36.5 Å². The Bertz CT molecular complexity index is 1090. The molecule has 2 bridgehead atoms. The van der Waals surface area contributed by atoms with Crippen LogP contribution in [0, 0.1) is 5.82 Å². The number of fused-ring (bicyclic) bond motifs is 3. The molecule has 3 aromatic rings. The molecular formula is C22H24FN5O3S. The largest absolute Gasteiger partial charge is 0.394 e. The summed E-state index contributed by atoms with van der Waals surface area (Å²) in [7, 11) is 0. The molecule has 32 heavy (non-hydrogen) atoms. The molecular weight excluding hydrogens is 433 g/mol. The molecule has 2 aromatic heterocycles. The van der Waals surface area contributed by atoms with E-state index in [0.29, 0.717) is 23.8 Å². The zero-order valence-corrected chi connectivity index (χ0v) is 18.1. The normalized spacial score (nSPS) is 21.2. The lowest BCUT2D eigenvalue weighted by Crippen LogP contribution is -2.57. The third-order valence-electron chi connectivity index (χ3n) is 6.08. The van der Waals surface area contributed by atoms with Crippen molar-refractivity contribution in [1.82, 2.24) is 14.9 Å². The molecule has 2 fully saturated rings. The lowest BCUT2D eigenvalue weighted by molar-refractivity contribution is 0.0954. The lowest BCUT2D eigenvalue weighted by Gasteiger charge is -2.41. The summed E-state index contributed by atoms with van der Waals surface area (Å²) < 4.78 is 15.8. The molecule has 0 spiro atoms. The van der Waals surface area contributed by atoms with E-state index >= 15 is 0 Å². The Morgan fingerprint density at radius 2 is 2.03 bits per heavy atom. The van der Waals surface area contributed by atoms with E-state index in [1.54, 1.807) is 0 Å². The van der Waals surface area contributed by atoms with Gasteiger partial charge in [-0.2, -0.15) is 0 Å². The first-order valence-electron chi connectivity index (χ1n) is 10.6. The summed E-state index contributed by atoms with van der Waals surface area (Å²) in [5.41, 5.74) is 1.39. The zero-order chi connectivity index (χ0) is 22.2. The molecule has 2 aliphatic rings. The van der Waals surface area contributed by atoms with Gasteiger partial charge in [0.2, 0.25) is 0 Å². The van der Waals surface area contributed by atoms with Crippen LogP contribution in [0.1, 0.15) is 18.4 Å². The Balaban J connectivity index is 1.27. The number of benzene rings is 1.